The second-order valence-corrected chi connectivity index (χ2v) is 5.14. The van der Waals surface area contributed by atoms with Crippen LogP contribution < -0.4 is 11.1 Å². The number of nitrogens with zero attached hydrogens (tertiary/aromatic N) is 3. The maximum Gasteiger partial charge on any atom is 0.246 e. The van der Waals surface area contributed by atoms with Crippen molar-refractivity contribution >= 4 is 33.5 Å². The van der Waals surface area contributed by atoms with E-state index in [4.69, 9.17) is 5.73 Å². The molecule has 2 aromatic rings. The summed E-state index contributed by atoms with van der Waals surface area (Å²) in [7, 11) is 0. The van der Waals surface area contributed by atoms with Crippen LogP contribution in [-0.2, 0) is 11.3 Å². The fourth-order valence-corrected chi connectivity index (χ4v) is 2.56. The van der Waals surface area contributed by atoms with E-state index >= 15 is 0 Å². The van der Waals surface area contributed by atoms with Gasteiger partial charge < -0.3 is 11.1 Å². The Morgan fingerprint density at radius 2 is 2.21 bits per heavy atom. The predicted octanol–water partition coefficient (Wildman–Crippen LogP) is 1.88. The van der Waals surface area contributed by atoms with Crippen LogP contribution in [0.5, 0.6) is 0 Å². The van der Waals surface area contributed by atoms with Crippen LogP contribution in [0.2, 0.25) is 0 Å². The molecule has 1 aromatic heterocycles. The molecule has 1 amide bonds. The summed E-state index contributed by atoms with van der Waals surface area (Å²) in [6.45, 7) is 4.02. The minimum Gasteiger partial charge on any atom is -0.367 e. The second kappa shape index (κ2) is 5.40. The van der Waals surface area contributed by atoms with Gasteiger partial charge in [0.2, 0.25) is 11.9 Å². The number of hydrogen-bond acceptors (Lipinski definition) is 4. The highest BCUT2D eigenvalue weighted by Gasteiger charge is 2.10. The largest absolute Gasteiger partial charge is 0.367 e. The van der Waals surface area contributed by atoms with Crippen molar-refractivity contribution in [3.05, 3.63) is 34.1 Å². The second-order valence-electron chi connectivity index (χ2n) is 4.29. The van der Waals surface area contributed by atoms with Gasteiger partial charge in [0.05, 0.1) is 5.69 Å². The van der Waals surface area contributed by atoms with Crippen molar-refractivity contribution < 1.29 is 4.79 Å². The van der Waals surface area contributed by atoms with E-state index in [-0.39, 0.29) is 18.4 Å². The summed E-state index contributed by atoms with van der Waals surface area (Å²) in [5, 5.41) is 6.71. The molecule has 0 bridgehead atoms. The van der Waals surface area contributed by atoms with Crippen molar-refractivity contribution in [1.29, 1.82) is 0 Å². The molecule has 0 aliphatic carbocycles. The van der Waals surface area contributed by atoms with Crippen molar-refractivity contribution in [2.75, 3.05) is 11.1 Å². The predicted molar refractivity (Wildman–Crippen MR) is 76.7 cm³/mol. The van der Waals surface area contributed by atoms with Gasteiger partial charge in [-0.2, -0.15) is 0 Å². The molecule has 100 valence electrons. The molecule has 1 heterocycles. The number of nitrogen functional groups attached to an aromatic ring is 1. The molecule has 0 unspecified atom stereocenters. The molecule has 0 atom stereocenters. The number of anilines is 2. The molecule has 0 aliphatic heterocycles. The molecular formula is C12H14BrN5O. The Morgan fingerprint density at radius 3 is 2.79 bits per heavy atom. The zero-order chi connectivity index (χ0) is 14.0. The first-order valence-corrected chi connectivity index (χ1v) is 6.46. The van der Waals surface area contributed by atoms with Gasteiger partial charge in [0.1, 0.15) is 12.9 Å². The van der Waals surface area contributed by atoms with Crippen molar-refractivity contribution in [1.82, 2.24) is 14.8 Å². The van der Waals surface area contributed by atoms with E-state index in [1.54, 1.807) is 0 Å². The number of aryl methyl sites for hydroxylation is 2. The van der Waals surface area contributed by atoms with E-state index in [0.29, 0.717) is 0 Å². The molecule has 0 aliphatic rings. The number of halogens is 1. The minimum absolute atomic E-state index is 0.0734. The van der Waals surface area contributed by atoms with E-state index in [0.717, 1.165) is 21.3 Å². The average Bonchev–Trinajstić information content (AvgIpc) is 2.69. The number of carbonyl (C=O) groups excluding carboxylic acids is 1. The van der Waals surface area contributed by atoms with Gasteiger partial charge in [-0.3, -0.25) is 4.79 Å². The highest BCUT2D eigenvalue weighted by molar-refractivity contribution is 9.10. The number of nitrogens with one attached hydrogen (secondary N) is 1. The normalized spacial score (nSPS) is 10.5. The van der Waals surface area contributed by atoms with Crippen molar-refractivity contribution in [3.8, 4) is 0 Å². The van der Waals surface area contributed by atoms with E-state index in [9.17, 15) is 4.79 Å². The fourth-order valence-electron chi connectivity index (χ4n) is 1.79. The Hall–Kier alpha value is -1.89. The minimum atomic E-state index is -0.183. The topological polar surface area (TPSA) is 85.8 Å². The van der Waals surface area contributed by atoms with E-state index in [2.05, 4.69) is 31.3 Å². The van der Waals surface area contributed by atoms with E-state index < -0.39 is 0 Å². The molecule has 1 aromatic carbocycles. The summed E-state index contributed by atoms with van der Waals surface area (Å²) in [4.78, 5) is 15.7. The lowest BCUT2D eigenvalue weighted by molar-refractivity contribution is -0.116. The lowest BCUT2D eigenvalue weighted by Gasteiger charge is -2.11. The molecule has 0 radical (unpaired) electrons. The zero-order valence-corrected chi connectivity index (χ0v) is 12.2. The van der Waals surface area contributed by atoms with Gasteiger partial charge in [-0.25, -0.2) is 9.67 Å². The summed E-state index contributed by atoms with van der Waals surface area (Å²) in [6.07, 6.45) is 1.42. The third kappa shape index (κ3) is 3.31. The Balaban J connectivity index is 2.11. The lowest BCUT2D eigenvalue weighted by atomic mass is 10.1. The number of amides is 1. The van der Waals surface area contributed by atoms with Gasteiger partial charge in [-0.15, -0.1) is 5.10 Å². The van der Waals surface area contributed by atoms with Crippen LogP contribution in [-0.4, -0.2) is 20.7 Å². The number of nitrogens with two attached hydrogens (primary N) is 1. The maximum atomic E-state index is 11.9. The zero-order valence-electron chi connectivity index (χ0n) is 10.6. The summed E-state index contributed by atoms with van der Waals surface area (Å²) >= 11 is 3.45. The smallest absolute Gasteiger partial charge is 0.246 e. The van der Waals surface area contributed by atoms with Gasteiger partial charge in [-0.05, 0) is 47.0 Å². The number of rotatable bonds is 3. The van der Waals surface area contributed by atoms with Gasteiger partial charge in [0, 0.05) is 4.47 Å². The molecule has 0 spiro atoms. The third-order valence-corrected chi connectivity index (χ3v) is 3.18. The van der Waals surface area contributed by atoms with Crippen LogP contribution in [0.25, 0.3) is 0 Å². The molecule has 2 rings (SSSR count). The van der Waals surface area contributed by atoms with Crippen LogP contribution in [0.3, 0.4) is 0 Å². The molecule has 6 nitrogen and oxygen atoms in total. The van der Waals surface area contributed by atoms with Crippen molar-refractivity contribution in [2.24, 2.45) is 0 Å². The molecule has 7 heteroatoms. The summed E-state index contributed by atoms with van der Waals surface area (Å²) in [5.41, 5.74) is 8.29. The number of carbonyl (C=O) groups is 1. The Labute approximate surface area is 119 Å². The molecular weight excluding hydrogens is 310 g/mol. The first kappa shape index (κ1) is 13.5. The molecule has 0 saturated heterocycles. The highest BCUT2D eigenvalue weighted by Crippen LogP contribution is 2.27. The SMILES string of the molecule is Cc1cc(C)c(NC(=O)Cn2cnc(N)n2)c(Br)c1. The van der Waals surface area contributed by atoms with Crippen LogP contribution >= 0.6 is 15.9 Å². The molecule has 0 saturated carbocycles. The number of benzene rings is 1. The lowest BCUT2D eigenvalue weighted by Crippen LogP contribution is -2.20. The van der Waals surface area contributed by atoms with Crippen LogP contribution in [0.4, 0.5) is 11.6 Å². The standard InChI is InChI=1S/C12H14BrN5O/c1-7-3-8(2)11(9(13)4-7)16-10(19)5-18-6-15-12(14)17-18/h3-4,6H,5H2,1-2H3,(H2,14,17)(H,16,19). The van der Waals surface area contributed by atoms with Crippen LogP contribution in [0.1, 0.15) is 11.1 Å². The molecule has 0 fully saturated rings. The van der Waals surface area contributed by atoms with Gasteiger partial charge in [0.15, 0.2) is 0 Å². The number of hydrogen-bond donors (Lipinski definition) is 2. The Kier molecular flexibility index (Phi) is 3.84. The third-order valence-electron chi connectivity index (χ3n) is 2.56. The van der Waals surface area contributed by atoms with Gasteiger partial charge in [0.25, 0.3) is 0 Å². The Morgan fingerprint density at radius 1 is 1.47 bits per heavy atom. The maximum absolute atomic E-state index is 11.9. The van der Waals surface area contributed by atoms with E-state index in [1.165, 1.54) is 11.0 Å². The summed E-state index contributed by atoms with van der Waals surface area (Å²) in [5.74, 6) is -0.0296. The Bertz CT molecular complexity index is 599. The van der Waals surface area contributed by atoms with Crippen LogP contribution in [0, 0.1) is 13.8 Å². The van der Waals surface area contributed by atoms with E-state index in [1.807, 2.05) is 26.0 Å². The first-order chi connectivity index (χ1) is 8.95. The van der Waals surface area contributed by atoms with Crippen LogP contribution in [0.15, 0.2) is 22.9 Å². The molecule has 3 N–H and O–H groups in total. The summed E-state index contributed by atoms with van der Waals surface area (Å²) in [6, 6.07) is 3.96. The monoisotopic (exact) mass is 323 g/mol. The average molecular weight is 324 g/mol. The van der Waals surface area contributed by atoms with Crippen molar-refractivity contribution in [3.63, 3.8) is 0 Å². The number of aromatic nitrogens is 3. The highest BCUT2D eigenvalue weighted by atomic mass is 79.9. The first-order valence-electron chi connectivity index (χ1n) is 5.67. The van der Waals surface area contributed by atoms with Gasteiger partial charge in [-0.1, -0.05) is 6.07 Å². The molecule has 19 heavy (non-hydrogen) atoms. The quantitative estimate of drug-likeness (QED) is 0.903. The fraction of sp³-hybridized carbons (Fsp3) is 0.250. The van der Waals surface area contributed by atoms with Gasteiger partial charge >= 0.3 is 0 Å². The summed E-state index contributed by atoms with van der Waals surface area (Å²) < 4.78 is 2.25. The van der Waals surface area contributed by atoms with Crippen molar-refractivity contribution in [2.45, 2.75) is 20.4 Å².